The average Bonchev–Trinajstić information content (AvgIpc) is 3.24. The highest BCUT2D eigenvalue weighted by Crippen LogP contribution is 2.49. The number of carbonyl (C=O) groups excluding carboxylic acids is 1. The number of pyridine rings is 1. The van der Waals surface area contributed by atoms with Crippen LogP contribution in [0.3, 0.4) is 0 Å². The Morgan fingerprint density at radius 2 is 2.00 bits per heavy atom. The number of amides is 1. The Hall–Kier alpha value is -2.21. The number of aromatic nitrogens is 3. The maximum absolute atomic E-state index is 12.4. The van der Waals surface area contributed by atoms with Gasteiger partial charge in [-0.05, 0) is 36.1 Å². The SMILES string of the molecule is O=C(Nc1nnc2ccccn12)[C@H]1C[C@@H]1c1ccccc1Br. The largest absolute Gasteiger partial charge is 0.294 e. The van der Waals surface area contributed by atoms with Crippen LogP contribution in [-0.4, -0.2) is 20.5 Å². The van der Waals surface area contributed by atoms with Gasteiger partial charge in [0.15, 0.2) is 5.65 Å². The van der Waals surface area contributed by atoms with Crippen molar-refractivity contribution in [2.24, 2.45) is 5.92 Å². The molecule has 1 aromatic carbocycles. The lowest BCUT2D eigenvalue weighted by molar-refractivity contribution is -0.117. The third-order valence-electron chi connectivity index (χ3n) is 3.98. The Kier molecular flexibility index (Phi) is 3.18. The Labute approximate surface area is 135 Å². The van der Waals surface area contributed by atoms with Crippen LogP contribution >= 0.6 is 15.9 Å². The van der Waals surface area contributed by atoms with Gasteiger partial charge in [0, 0.05) is 16.6 Å². The van der Waals surface area contributed by atoms with E-state index in [1.54, 1.807) is 4.40 Å². The summed E-state index contributed by atoms with van der Waals surface area (Å²) in [6.07, 6.45) is 2.70. The number of carbonyl (C=O) groups is 1. The van der Waals surface area contributed by atoms with Crippen LogP contribution in [0.15, 0.2) is 53.1 Å². The molecule has 6 heteroatoms. The fourth-order valence-electron chi connectivity index (χ4n) is 2.73. The van der Waals surface area contributed by atoms with Crippen LogP contribution in [0.4, 0.5) is 5.95 Å². The first-order valence-electron chi connectivity index (χ1n) is 7.09. The number of benzene rings is 1. The van der Waals surface area contributed by atoms with Crippen LogP contribution in [0, 0.1) is 5.92 Å². The second kappa shape index (κ2) is 5.21. The van der Waals surface area contributed by atoms with E-state index in [4.69, 9.17) is 0 Å². The van der Waals surface area contributed by atoms with E-state index < -0.39 is 0 Å². The van der Waals surface area contributed by atoms with Crippen molar-refractivity contribution in [1.29, 1.82) is 0 Å². The van der Waals surface area contributed by atoms with Crippen molar-refractivity contribution in [3.63, 3.8) is 0 Å². The molecule has 0 bridgehead atoms. The predicted molar refractivity (Wildman–Crippen MR) is 86.6 cm³/mol. The highest BCUT2D eigenvalue weighted by atomic mass is 79.9. The summed E-state index contributed by atoms with van der Waals surface area (Å²) >= 11 is 3.55. The zero-order valence-electron chi connectivity index (χ0n) is 11.6. The maximum atomic E-state index is 12.4. The van der Waals surface area contributed by atoms with Crippen molar-refractivity contribution in [1.82, 2.24) is 14.6 Å². The minimum absolute atomic E-state index is 0.00101. The van der Waals surface area contributed by atoms with Crippen LogP contribution in [0.5, 0.6) is 0 Å². The summed E-state index contributed by atoms with van der Waals surface area (Å²) in [6.45, 7) is 0. The number of nitrogens with one attached hydrogen (secondary N) is 1. The fourth-order valence-corrected chi connectivity index (χ4v) is 3.31. The van der Waals surface area contributed by atoms with E-state index in [-0.39, 0.29) is 17.7 Å². The minimum atomic E-state index is -0.00485. The van der Waals surface area contributed by atoms with Crippen molar-refractivity contribution in [2.45, 2.75) is 12.3 Å². The summed E-state index contributed by atoms with van der Waals surface area (Å²) in [7, 11) is 0. The number of hydrogen-bond donors (Lipinski definition) is 1. The Balaban J connectivity index is 1.51. The predicted octanol–water partition coefficient (Wildman–Crippen LogP) is 3.23. The van der Waals surface area contributed by atoms with Crippen LogP contribution in [0.25, 0.3) is 5.65 Å². The van der Waals surface area contributed by atoms with Gasteiger partial charge in [-0.25, -0.2) is 0 Å². The first-order valence-corrected chi connectivity index (χ1v) is 7.88. The lowest BCUT2D eigenvalue weighted by Crippen LogP contribution is -2.16. The van der Waals surface area contributed by atoms with Crippen molar-refractivity contribution < 1.29 is 4.79 Å². The van der Waals surface area contributed by atoms with Crippen LogP contribution < -0.4 is 5.32 Å². The minimum Gasteiger partial charge on any atom is -0.294 e. The van der Waals surface area contributed by atoms with E-state index in [1.807, 2.05) is 42.6 Å². The van der Waals surface area contributed by atoms with Crippen LogP contribution in [0.1, 0.15) is 17.9 Å². The molecule has 1 saturated carbocycles. The van der Waals surface area contributed by atoms with Gasteiger partial charge in [0.25, 0.3) is 0 Å². The Morgan fingerprint density at radius 3 is 2.86 bits per heavy atom. The summed E-state index contributed by atoms with van der Waals surface area (Å²) in [5.41, 5.74) is 1.91. The van der Waals surface area contributed by atoms with Gasteiger partial charge in [-0.15, -0.1) is 10.2 Å². The molecule has 3 aromatic rings. The zero-order chi connectivity index (χ0) is 15.1. The van der Waals surface area contributed by atoms with E-state index in [0.717, 1.165) is 16.5 Å². The van der Waals surface area contributed by atoms with Gasteiger partial charge in [-0.2, -0.15) is 0 Å². The second-order valence-corrected chi connectivity index (χ2v) is 6.27. The highest BCUT2D eigenvalue weighted by molar-refractivity contribution is 9.10. The molecule has 2 heterocycles. The lowest BCUT2D eigenvalue weighted by Gasteiger charge is -2.04. The molecule has 0 unspecified atom stereocenters. The number of anilines is 1. The molecule has 0 aliphatic heterocycles. The van der Waals surface area contributed by atoms with Crippen LogP contribution in [-0.2, 0) is 4.79 Å². The normalized spacial score (nSPS) is 20.0. The molecule has 1 N–H and O–H groups in total. The van der Waals surface area contributed by atoms with Crippen molar-refractivity contribution in [3.8, 4) is 0 Å². The standard InChI is InChI=1S/C16H13BrN4O/c17-13-6-2-1-5-10(13)11-9-12(11)15(22)18-16-20-19-14-7-3-4-8-21(14)16/h1-8,11-12H,9H2,(H,18,20,22)/t11-,12+/m1/s1. The van der Waals surface area contributed by atoms with E-state index >= 15 is 0 Å². The third kappa shape index (κ3) is 2.29. The smallest absolute Gasteiger partial charge is 0.235 e. The zero-order valence-corrected chi connectivity index (χ0v) is 13.2. The van der Waals surface area contributed by atoms with Gasteiger partial charge >= 0.3 is 0 Å². The number of fused-ring (bicyclic) bond motifs is 1. The highest BCUT2D eigenvalue weighted by Gasteiger charge is 2.45. The molecule has 0 radical (unpaired) electrons. The first-order chi connectivity index (χ1) is 10.7. The molecule has 2 atom stereocenters. The summed E-state index contributed by atoms with van der Waals surface area (Å²) < 4.78 is 2.83. The molecule has 2 aromatic heterocycles. The van der Waals surface area contributed by atoms with E-state index in [1.165, 1.54) is 5.56 Å². The molecular formula is C16H13BrN4O. The lowest BCUT2D eigenvalue weighted by atomic mass is 10.1. The summed E-state index contributed by atoms with van der Waals surface area (Å²) in [5, 5.41) is 10.9. The maximum Gasteiger partial charge on any atom is 0.235 e. The van der Waals surface area contributed by atoms with Gasteiger partial charge in [0.2, 0.25) is 11.9 Å². The monoisotopic (exact) mass is 356 g/mol. The van der Waals surface area contributed by atoms with Gasteiger partial charge in [-0.1, -0.05) is 40.2 Å². The van der Waals surface area contributed by atoms with Gasteiger partial charge < -0.3 is 0 Å². The molecule has 1 aliphatic carbocycles. The molecule has 1 amide bonds. The van der Waals surface area contributed by atoms with Crippen molar-refractivity contribution in [3.05, 3.63) is 58.7 Å². The molecule has 5 nitrogen and oxygen atoms in total. The van der Waals surface area contributed by atoms with Crippen molar-refractivity contribution in [2.75, 3.05) is 5.32 Å². The molecule has 1 aliphatic rings. The molecule has 110 valence electrons. The summed E-state index contributed by atoms with van der Waals surface area (Å²) in [4.78, 5) is 12.4. The van der Waals surface area contributed by atoms with E-state index in [0.29, 0.717) is 5.95 Å². The van der Waals surface area contributed by atoms with E-state index in [9.17, 15) is 4.79 Å². The summed E-state index contributed by atoms with van der Waals surface area (Å²) in [5.74, 6) is 0.738. The number of rotatable bonds is 3. The molecule has 0 spiro atoms. The molecule has 1 fully saturated rings. The number of nitrogens with zero attached hydrogens (tertiary/aromatic N) is 3. The van der Waals surface area contributed by atoms with Crippen molar-refractivity contribution >= 4 is 33.4 Å². The topological polar surface area (TPSA) is 59.3 Å². The van der Waals surface area contributed by atoms with Crippen LogP contribution in [0.2, 0.25) is 0 Å². The Morgan fingerprint density at radius 1 is 1.18 bits per heavy atom. The second-order valence-electron chi connectivity index (χ2n) is 5.41. The third-order valence-corrected chi connectivity index (χ3v) is 4.70. The molecule has 0 saturated heterocycles. The van der Waals surface area contributed by atoms with Gasteiger partial charge in [0.05, 0.1) is 0 Å². The molecule has 22 heavy (non-hydrogen) atoms. The Bertz CT molecular complexity index is 860. The summed E-state index contributed by atoms with van der Waals surface area (Å²) in [6, 6.07) is 13.7. The quantitative estimate of drug-likeness (QED) is 0.783. The number of hydrogen-bond acceptors (Lipinski definition) is 3. The fraction of sp³-hybridized carbons (Fsp3) is 0.188. The first kappa shape index (κ1) is 13.5. The molecular weight excluding hydrogens is 344 g/mol. The van der Waals surface area contributed by atoms with Gasteiger partial charge in [-0.3, -0.25) is 14.5 Å². The van der Waals surface area contributed by atoms with Gasteiger partial charge in [0.1, 0.15) is 0 Å². The molecule has 4 rings (SSSR count). The van der Waals surface area contributed by atoms with E-state index in [2.05, 4.69) is 37.5 Å². The number of halogens is 1. The average molecular weight is 357 g/mol.